The maximum Gasteiger partial charge on any atom is 0.613 e. The fourth-order valence-electron chi connectivity index (χ4n) is 2.89. The summed E-state index contributed by atoms with van der Waals surface area (Å²) in [7, 11) is -4.51. The van der Waals surface area contributed by atoms with Crippen LogP contribution in [0.1, 0.15) is 32.3 Å². The Balaban J connectivity index is 3.05. The Morgan fingerprint density at radius 3 is 1.97 bits per heavy atom. The van der Waals surface area contributed by atoms with E-state index in [1.54, 1.807) is 0 Å². The summed E-state index contributed by atoms with van der Waals surface area (Å²) < 4.78 is 4.56. The second-order valence-corrected chi connectivity index (χ2v) is 9.05. The zero-order valence-electron chi connectivity index (χ0n) is 18.2. The normalized spacial score (nSPS) is 14.2. The zero-order chi connectivity index (χ0) is 25.3. The summed E-state index contributed by atoms with van der Waals surface area (Å²) in [6, 6.07) is 1.80. The molecule has 184 valence electrons. The van der Waals surface area contributed by atoms with Crippen molar-refractivity contribution in [3.63, 3.8) is 0 Å². The first-order valence-corrected chi connectivity index (χ1v) is 11.5. The van der Waals surface area contributed by atoms with Gasteiger partial charge in [0.1, 0.15) is 12.1 Å². The van der Waals surface area contributed by atoms with E-state index >= 15 is 0 Å². The zero-order valence-corrected chi connectivity index (χ0v) is 19.1. The highest BCUT2D eigenvalue weighted by Crippen LogP contribution is 2.45. The van der Waals surface area contributed by atoms with Crippen molar-refractivity contribution in [3.05, 3.63) is 29.8 Å². The van der Waals surface area contributed by atoms with Crippen LogP contribution >= 0.6 is 8.17 Å². The van der Waals surface area contributed by atoms with Crippen molar-refractivity contribution in [1.29, 1.82) is 0 Å². The molecule has 10 N–H and O–H groups in total. The molecule has 0 unspecified atom stereocenters. The molecular weight excluding hydrogens is 461 g/mol. The number of nitrogens with one attached hydrogen (secondary N) is 2. The largest absolute Gasteiger partial charge is 0.613 e. The lowest BCUT2D eigenvalue weighted by molar-refractivity contribution is -0.406. The molecule has 0 fully saturated rings. The van der Waals surface area contributed by atoms with Gasteiger partial charge < -0.3 is 26.6 Å². The van der Waals surface area contributed by atoms with Crippen molar-refractivity contribution in [2.24, 2.45) is 5.92 Å². The van der Waals surface area contributed by atoms with Gasteiger partial charge >= 0.3 is 20.1 Å². The first kappa shape index (κ1) is 28.2. The number of aliphatic carboxylic acids is 2. The molecule has 13 nitrogen and oxygen atoms in total. The van der Waals surface area contributed by atoms with Gasteiger partial charge in [0.05, 0.1) is 6.42 Å². The summed E-state index contributed by atoms with van der Waals surface area (Å²) in [4.78, 5) is 74.4. The number of carbonyl (C=O) groups excluding carboxylic acids is 2. The first-order valence-electron chi connectivity index (χ1n) is 9.92. The summed E-state index contributed by atoms with van der Waals surface area (Å²) in [6.45, 7) is 3.79. The Bertz CT molecular complexity index is 841. The average Bonchev–Trinajstić information content (AvgIpc) is 2.66. The Morgan fingerprint density at radius 1 is 0.970 bits per heavy atom. The minimum atomic E-state index is -4.51. The molecule has 0 radical (unpaired) electrons. The highest BCUT2D eigenvalue weighted by molar-refractivity contribution is 7.53. The molecule has 0 aromatic heterocycles. The molecule has 0 aliphatic carbocycles. The number of amides is 2. The van der Waals surface area contributed by atoms with Gasteiger partial charge in [0.2, 0.25) is 5.91 Å². The second-order valence-electron chi connectivity index (χ2n) is 7.84. The number of rotatable bonds is 13. The third-order valence-corrected chi connectivity index (χ3v) is 4.80. The van der Waals surface area contributed by atoms with E-state index in [9.17, 15) is 24.3 Å². The minimum Gasteiger partial charge on any atom is -0.481 e. The van der Waals surface area contributed by atoms with Crippen molar-refractivity contribution < 1.29 is 54.3 Å². The van der Waals surface area contributed by atoms with Gasteiger partial charge in [0.25, 0.3) is 5.91 Å². The molecule has 33 heavy (non-hydrogen) atoms. The van der Waals surface area contributed by atoms with Crippen molar-refractivity contribution in [3.8, 4) is 5.75 Å². The van der Waals surface area contributed by atoms with Gasteiger partial charge in [-0.2, -0.15) is 14.7 Å². The van der Waals surface area contributed by atoms with Crippen LogP contribution in [0.4, 0.5) is 0 Å². The van der Waals surface area contributed by atoms with Crippen LogP contribution in [0.5, 0.6) is 5.75 Å². The highest BCUT2D eigenvalue weighted by Gasteiger charge is 2.35. The molecule has 2 amide bonds. The fraction of sp³-hybridized carbons (Fsp3) is 0.474. The van der Waals surface area contributed by atoms with Crippen LogP contribution in [0.25, 0.3) is 0 Å². The van der Waals surface area contributed by atoms with Crippen LogP contribution in [0.3, 0.4) is 0 Å². The first-order chi connectivity index (χ1) is 15.2. The SMILES string of the molecule is CC(C)C[C@H]([NH3+])C(=O)N[C@@H](Cc1ccc(O[P+](O)(O)O)cc1)C(=O)N[C@@H](CC(=O)O)C(=O)O. The lowest BCUT2D eigenvalue weighted by Crippen LogP contribution is -2.69. The van der Waals surface area contributed by atoms with Gasteiger partial charge in [-0.3, -0.25) is 18.9 Å². The van der Waals surface area contributed by atoms with E-state index in [2.05, 4.69) is 20.9 Å². The summed E-state index contributed by atoms with van der Waals surface area (Å²) in [6.07, 6.45) is -0.520. The van der Waals surface area contributed by atoms with E-state index in [0.29, 0.717) is 12.0 Å². The predicted octanol–water partition coefficient (Wildman–Crippen LogP) is -1.55. The van der Waals surface area contributed by atoms with Gasteiger partial charge in [0.15, 0.2) is 11.8 Å². The second kappa shape index (κ2) is 12.4. The monoisotopic (exact) mass is 491 g/mol. The van der Waals surface area contributed by atoms with E-state index in [1.807, 2.05) is 13.8 Å². The van der Waals surface area contributed by atoms with Gasteiger partial charge in [-0.25, -0.2) is 4.79 Å². The van der Waals surface area contributed by atoms with Gasteiger partial charge in [-0.05, 0) is 23.6 Å². The molecule has 0 spiro atoms. The van der Waals surface area contributed by atoms with Crippen molar-refractivity contribution in [2.45, 2.75) is 51.2 Å². The molecule has 3 atom stereocenters. The van der Waals surface area contributed by atoms with Crippen LogP contribution in [0.15, 0.2) is 24.3 Å². The summed E-state index contributed by atoms with van der Waals surface area (Å²) in [5.41, 5.74) is 4.24. The van der Waals surface area contributed by atoms with E-state index in [0.717, 1.165) is 0 Å². The van der Waals surface area contributed by atoms with E-state index < -0.39 is 56.5 Å². The highest BCUT2D eigenvalue weighted by atomic mass is 31.2. The average molecular weight is 491 g/mol. The number of hydrogen-bond donors (Lipinski definition) is 8. The Kier molecular flexibility index (Phi) is 10.6. The lowest BCUT2D eigenvalue weighted by Gasteiger charge is -2.22. The van der Waals surface area contributed by atoms with Crippen molar-refractivity contribution >= 4 is 31.9 Å². The quantitative estimate of drug-likeness (QED) is 0.148. The molecule has 14 heteroatoms. The summed E-state index contributed by atoms with van der Waals surface area (Å²) in [5, 5.41) is 22.7. The third kappa shape index (κ3) is 11.0. The number of carbonyl (C=O) groups is 4. The number of carboxylic acid groups (broad SMARTS) is 2. The molecule has 0 heterocycles. The minimum absolute atomic E-state index is 0.0632. The smallest absolute Gasteiger partial charge is 0.481 e. The Labute approximate surface area is 190 Å². The molecular formula is C19H30N3O10P+2. The molecule has 1 aromatic carbocycles. The topological polar surface area (TPSA) is 230 Å². The molecule has 1 rings (SSSR count). The molecule has 0 saturated heterocycles. The third-order valence-electron chi connectivity index (χ3n) is 4.34. The van der Waals surface area contributed by atoms with Crippen LogP contribution in [-0.2, 0) is 25.6 Å². The molecule has 0 aliphatic heterocycles. The van der Waals surface area contributed by atoms with Crippen LogP contribution in [-0.4, -0.2) is 66.8 Å². The maximum absolute atomic E-state index is 12.8. The standard InChI is InChI=1S/C19H28N3O10P/c1-10(2)7-13(20)17(25)21-14(18(26)22-15(19(27)28)9-16(23)24)8-11-3-5-12(6-4-11)32-33(29,30)31/h3-6,10,13-15,29-31H,7-9,20H2,1-2H3,(H3-,21,22,23,24,25,26,27,28)/p+2/t13-,14-,15-/m0/s1. The number of hydrogen-bond acceptors (Lipinski definition) is 8. The lowest BCUT2D eigenvalue weighted by atomic mass is 10.0. The van der Waals surface area contributed by atoms with Crippen molar-refractivity contribution in [1.82, 2.24) is 10.6 Å². The fourth-order valence-corrected chi connectivity index (χ4v) is 3.29. The van der Waals surface area contributed by atoms with Gasteiger partial charge in [-0.1, -0.05) is 26.0 Å². The van der Waals surface area contributed by atoms with Crippen LogP contribution < -0.4 is 20.9 Å². The summed E-state index contributed by atoms with van der Waals surface area (Å²) >= 11 is 0. The van der Waals surface area contributed by atoms with Gasteiger partial charge in [0, 0.05) is 12.8 Å². The van der Waals surface area contributed by atoms with Crippen molar-refractivity contribution in [2.75, 3.05) is 0 Å². The molecule has 0 bridgehead atoms. The maximum atomic E-state index is 12.8. The van der Waals surface area contributed by atoms with Crippen LogP contribution in [0.2, 0.25) is 0 Å². The van der Waals surface area contributed by atoms with E-state index in [4.69, 9.17) is 19.8 Å². The molecule has 1 aromatic rings. The number of benzene rings is 1. The number of carboxylic acids is 2. The van der Waals surface area contributed by atoms with Crippen LogP contribution in [0, 0.1) is 5.92 Å². The van der Waals surface area contributed by atoms with E-state index in [-0.39, 0.29) is 18.1 Å². The number of quaternary nitrogens is 1. The summed E-state index contributed by atoms with van der Waals surface area (Å²) in [5.74, 6) is -4.32. The van der Waals surface area contributed by atoms with E-state index in [1.165, 1.54) is 24.3 Å². The predicted molar refractivity (Wildman–Crippen MR) is 114 cm³/mol. The molecule has 0 saturated carbocycles. The Hall–Kier alpha value is -2.83. The molecule has 0 aliphatic rings. The van der Waals surface area contributed by atoms with Gasteiger partial charge in [-0.15, -0.1) is 0 Å². The Morgan fingerprint density at radius 2 is 1.52 bits per heavy atom.